The van der Waals surface area contributed by atoms with Crippen LogP contribution < -0.4 is 4.74 Å². The van der Waals surface area contributed by atoms with Crippen molar-refractivity contribution in [2.24, 2.45) is 0 Å². The van der Waals surface area contributed by atoms with Crippen LogP contribution in [0.25, 0.3) is 0 Å². The molecular formula is C28H26O13. The normalized spacial score (nSPS) is 23.0. The van der Waals surface area contributed by atoms with Gasteiger partial charge >= 0.3 is 23.9 Å². The number of ether oxygens (including phenoxy) is 6. The molecule has 13 heteroatoms. The molecule has 1 saturated heterocycles. The van der Waals surface area contributed by atoms with Gasteiger partial charge in [0, 0.05) is 38.8 Å². The summed E-state index contributed by atoms with van der Waals surface area (Å²) in [6, 6.07) is 8.56. The van der Waals surface area contributed by atoms with Crippen LogP contribution in [-0.4, -0.2) is 77.9 Å². The van der Waals surface area contributed by atoms with E-state index in [0.29, 0.717) is 0 Å². The quantitative estimate of drug-likeness (QED) is 0.320. The number of hydrogen-bond acceptors (Lipinski definition) is 13. The van der Waals surface area contributed by atoms with E-state index in [9.17, 15) is 33.9 Å². The van der Waals surface area contributed by atoms with Crippen molar-refractivity contribution in [1.82, 2.24) is 0 Å². The van der Waals surface area contributed by atoms with Gasteiger partial charge in [-0.05, 0) is 12.1 Å². The van der Waals surface area contributed by atoms with E-state index in [0.717, 1.165) is 27.7 Å². The molecule has 2 aromatic carbocycles. The Morgan fingerprint density at radius 2 is 1.22 bits per heavy atom. The molecule has 0 saturated carbocycles. The van der Waals surface area contributed by atoms with Crippen molar-refractivity contribution >= 4 is 35.4 Å². The number of aromatic hydroxyl groups is 1. The fourth-order valence-electron chi connectivity index (χ4n) is 4.72. The van der Waals surface area contributed by atoms with Gasteiger partial charge in [0.05, 0.1) is 11.1 Å². The molecule has 1 fully saturated rings. The van der Waals surface area contributed by atoms with E-state index in [4.69, 9.17) is 28.4 Å². The van der Waals surface area contributed by atoms with Crippen LogP contribution in [0.5, 0.6) is 11.5 Å². The molecule has 5 atom stereocenters. The summed E-state index contributed by atoms with van der Waals surface area (Å²) in [5.74, 6) is -4.99. The molecule has 2 aromatic rings. The molecule has 0 aromatic heterocycles. The Hall–Kier alpha value is -4.78. The van der Waals surface area contributed by atoms with Gasteiger partial charge in [-0.2, -0.15) is 0 Å². The Balaban J connectivity index is 1.71. The molecule has 216 valence electrons. The Bertz CT molecular complexity index is 1430. The van der Waals surface area contributed by atoms with Crippen molar-refractivity contribution in [3.05, 3.63) is 58.7 Å². The number of phenolic OH excluding ortho intramolecular Hbond substituents is 1. The summed E-state index contributed by atoms with van der Waals surface area (Å²) in [4.78, 5) is 74.1. The number of phenols is 1. The lowest BCUT2D eigenvalue weighted by molar-refractivity contribution is -0.298. The number of carbonyl (C=O) groups is 6. The third-order valence-corrected chi connectivity index (χ3v) is 6.20. The fraction of sp³-hybridized carbons (Fsp3) is 0.357. The minimum atomic E-state index is -1.61. The number of esters is 4. The lowest BCUT2D eigenvalue weighted by Gasteiger charge is -2.43. The van der Waals surface area contributed by atoms with Gasteiger partial charge in [-0.25, -0.2) is 0 Å². The summed E-state index contributed by atoms with van der Waals surface area (Å²) in [5, 5.41) is 10.4. The number of rotatable bonds is 7. The SMILES string of the molecule is CC(=O)OC1C(OC(C)=O)[C@H](OC(C)=O)C(COc2ccc(O)c3c2C(=O)c2ccccc2C3=O)O[C@H]1OC(C)=O. The lowest BCUT2D eigenvalue weighted by Crippen LogP contribution is -2.63. The molecule has 0 spiro atoms. The van der Waals surface area contributed by atoms with Crippen LogP contribution in [0, 0.1) is 0 Å². The van der Waals surface area contributed by atoms with E-state index >= 15 is 0 Å². The minimum absolute atomic E-state index is 0.106. The Labute approximate surface area is 233 Å². The molecule has 2 aliphatic rings. The van der Waals surface area contributed by atoms with Gasteiger partial charge in [0.2, 0.25) is 12.4 Å². The van der Waals surface area contributed by atoms with E-state index in [-0.39, 0.29) is 28.0 Å². The van der Waals surface area contributed by atoms with Gasteiger partial charge in [-0.3, -0.25) is 28.8 Å². The molecule has 4 rings (SSSR count). The largest absolute Gasteiger partial charge is 0.507 e. The fourth-order valence-corrected chi connectivity index (χ4v) is 4.72. The van der Waals surface area contributed by atoms with Crippen molar-refractivity contribution in [3.63, 3.8) is 0 Å². The first-order valence-corrected chi connectivity index (χ1v) is 12.4. The molecule has 1 N–H and O–H groups in total. The monoisotopic (exact) mass is 570 g/mol. The van der Waals surface area contributed by atoms with Crippen molar-refractivity contribution in [1.29, 1.82) is 0 Å². The molecule has 3 unspecified atom stereocenters. The maximum absolute atomic E-state index is 13.4. The van der Waals surface area contributed by atoms with Gasteiger partial charge in [-0.1, -0.05) is 24.3 Å². The second kappa shape index (κ2) is 11.8. The van der Waals surface area contributed by atoms with Crippen LogP contribution in [0.4, 0.5) is 0 Å². The van der Waals surface area contributed by atoms with Crippen molar-refractivity contribution in [3.8, 4) is 11.5 Å². The molecule has 0 bridgehead atoms. The minimum Gasteiger partial charge on any atom is -0.507 e. The lowest BCUT2D eigenvalue weighted by atomic mass is 9.83. The van der Waals surface area contributed by atoms with E-state index < -0.39 is 78.5 Å². The summed E-state index contributed by atoms with van der Waals surface area (Å²) in [5.41, 5.74) is -0.216. The molecule has 1 heterocycles. The summed E-state index contributed by atoms with van der Waals surface area (Å²) < 4.78 is 32.8. The molecule has 1 aliphatic heterocycles. The zero-order valence-corrected chi connectivity index (χ0v) is 22.4. The highest BCUT2D eigenvalue weighted by molar-refractivity contribution is 6.30. The summed E-state index contributed by atoms with van der Waals surface area (Å²) in [6.45, 7) is 3.79. The molecule has 13 nitrogen and oxygen atoms in total. The van der Waals surface area contributed by atoms with Crippen LogP contribution >= 0.6 is 0 Å². The zero-order valence-electron chi connectivity index (χ0n) is 22.4. The number of ketones is 2. The van der Waals surface area contributed by atoms with E-state index in [1.807, 2.05) is 0 Å². The average molecular weight is 571 g/mol. The molecule has 1 aliphatic carbocycles. The first kappa shape index (κ1) is 29.2. The Morgan fingerprint density at radius 1 is 0.707 bits per heavy atom. The highest BCUT2D eigenvalue weighted by atomic mass is 16.7. The third kappa shape index (κ3) is 6.04. The standard InChI is InChI=1S/C28H26O13/c1-12(29)37-25-20(41-28(40-15(4)32)27(39-14(3)31)26(25)38-13(2)30)11-36-19-10-9-18(33)21-22(19)24(35)17-8-6-5-7-16(17)23(21)34/h5-10,20,25-28,33H,11H2,1-4H3/t20?,25-,26?,27?,28-/m1/s1. The zero-order chi connectivity index (χ0) is 30.0. The summed E-state index contributed by atoms with van der Waals surface area (Å²) in [7, 11) is 0. The topological polar surface area (TPSA) is 178 Å². The van der Waals surface area contributed by atoms with Gasteiger partial charge in [-0.15, -0.1) is 0 Å². The van der Waals surface area contributed by atoms with Crippen LogP contribution in [0.3, 0.4) is 0 Å². The first-order chi connectivity index (χ1) is 19.4. The van der Waals surface area contributed by atoms with Crippen LogP contribution in [0.2, 0.25) is 0 Å². The highest BCUT2D eigenvalue weighted by Gasteiger charge is 2.53. The number of carbonyl (C=O) groups excluding carboxylic acids is 6. The number of benzene rings is 2. The van der Waals surface area contributed by atoms with Crippen molar-refractivity contribution in [2.75, 3.05) is 6.61 Å². The predicted molar refractivity (Wildman–Crippen MR) is 134 cm³/mol. The Kier molecular flexibility index (Phi) is 8.38. The van der Waals surface area contributed by atoms with Gasteiger partial charge in [0.25, 0.3) is 0 Å². The second-order valence-electron chi connectivity index (χ2n) is 9.22. The van der Waals surface area contributed by atoms with Gasteiger partial charge in [0.1, 0.15) is 24.2 Å². The molecule has 0 radical (unpaired) electrons. The van der Waals surface area contributed by atoms with E-state index in [1.165, 1.54) is 24.3 Å². The predicted octanol–water partition coefficient (Wildman–Crippen LogP) is 1.63. The van der Waals surface area contributed by atoms with Crippen LogP contribution in [0.15, 0.2) is 36.4 Å². The smallest absolute Gasteiger partial charge is 0.305 e. The molecule has 0 amide bonds. The maximum Gasteiger partial charge on any atom is 0.305 e. The summed E-state index contributed by atoms with van der Waals surface area (Å²) in [6.07, 6.45) is -7.36. The summed E-state index contributed by atoms with van der Waals surface area (Å²) >= 11 is 0. The van der Waals surface area contributed by atoms with Gasteiger partial charge < -0.3 is 33.5 Å². The number of fused-ring (bicyclic) bond motifs is 2. The number of hydrogen-bond donors (Lipinski definition) is 1. The van der Waals surface area contributed by atoms with Gasteiger partial charge in [0.15, 0.2) is 23.8 Å². The molecular weight excluding hydrogens is 544 g/mol. The third-order valence-electron chi connectivity index (χ3n) is 6.20. The van der Waals surface area contributed by atoms with Crippen molar-refractivity contribution < 1.29 is 62.3 Å². The highest BCUT2D eigenvalue weighted by Crippen LogP contribution is 2.38. The average Bonchev–Trinajstić information content (AvgIpc) is 2.89. The van der Waals surface area contributed by atoms with Crippen molar-refractivity contribution in [2.45, 2.75) is 58.4 Å². The first-order valence-electron chi connectivity index (χ1n) is 12.4. The molecule has 41 heavy (non-hydrogen) atoms. The van der Waals surface area contributed by atoms with E-state index in [2.05, 4.69) is 0 Å². The van der Waals surface area contributed by atoms with Crippen LogP contribution in [0.1, 0.15) is 59.5 Å². The second-order valence-corrected chi connectivity index (χ2v) is 9.22. The maximum atomic E-state index is 13.4. The van der Waals surface area contributed by atoms with E-state index in [1.54, 1.807) is 12.1 Å². The Morgan fingerprint density at radius 3 is 1.78 bits per heavy atom. The van der Waals surface area contributed by atoms with Crippen LogP contribution in [-0.2, 0) is 42.9 Å².